The van der Waals surface area contributed by atoms with Crippen LogP contribution in [0.3, 0.4) is 0 Å². The normalized spacial score (nSPS) is 26.8. The van der Waals surface area contributed by atoms with Crippen molar-refractivity contribution in [3.63, 3.8) is 0 Å². The van der Waals surface area contributed by atoms with Gasteiger partial charge in [-0.1, -0.05) is 44.2 Å². The Morgan fingerprint density at radius 2 is 1.77 bits per heavy atom. The zero-order valence-corrected chi connectivity index (χ0v) is 15.2. The predicted octanol–water partition coefficient (Wildman–Crippen LogP) is 4.83. The molecule has 1 N–H and O–H groups in total. The molecule has 2 aliphatic carbocycles. The maximum Gasteiger partial charge on any atom is 0.189 e. The van der Waals surface area contributed by atoms with Crippen LogP contribution in [0.2, 0.25) is 0 Å². The van der Waals surface area contributed by atoms with Crippen LogP contribution in [-0.4, -0.2) is 5.71 Å². The zero-order chi connectivity index (χ0) is 18.9. The van der Waals surface area contributed by atoms with Gasteiger partial charge in [0.05, 0.1) is 23.9 Å². The number of hydrogen-bond donors (Lipinski definition) is 1. The number of fused-ring (bicyclic) bond motifs is 1. The first-order valence-corrected chi connectivity index (χ1v) is 9.11. The van der Waals surface area contributed by atoms with Gasteiger partial charge in [-0.05, 0) is 47.8 Å². The van der Waals surface area contributed by atoms with Gasteiger partial charge in [0.2, 0.25) is 0 Å². The maximum atomic E-state index is 9.95. The van der Waals surface area contributed by atoms with E-state index in [0.29, 0.717) is 5.92 Å². The second-order valence-corrected chi connectivity index (χ2v) is 7.55. The standard InChI is InChI=1S/C22H22N4/c1-14(2)15-7-9-16(10-8-15)20-18-6-4-3-5-17(18)19(11-23)21(26)22(20,12-24)13-25/h5,7-10,14,18-20,26H,3-4,6H2,1-2H3/t18-,19+,20-/m1/s1. The molecule has 3 atom stereocenters. The van der Waals surface area contributed by atoms with Crippen LogP contribution in [0.5, 0.6) is 0 Å². The van der Waals surface area contributed by atoms with E-state index < -0.39 is 17.3 Å². The molecule has 4 nitrogen and oxygen atoms in total. The van der Waals surface area contributed by atoms with Gasteiger partial charge < -0.3 is 5.41 Å². The van der Waals surface area contributed by atoms with Gasteiger partial charge >= 0.3 is 0 Å². The fraction of sp³-hybridized carbons (Fsp3) is 0.455. The van der Waals surface area contributed by atoms with E-state index in [1.807, 2.05) is 24.3 Å². The van der Waals surface area contributed by atoms with Gasteiger partial charge in [0, 0.05) is 5.92 Å². The highest BCUT2D eigenvalue weighted by atomic mass is 14.6. The fourth-order valence-corrected chi connectivity index (χ4v) is 4.47. The molecule has 26 heavy (non-hydrogen) atoms. The van der Waals surface area contributed by atoms with Crippen LogP contribution in [0.1, 0.15) is 56.1 Å². The Bertz CT molecular complexity index is 857. The van der Waals surface area contributed by atoms with Crippen LogP contribution in [0, 0.1) is 56.7 Å². The van der Waals surface area contributed by atoms with Crippen molar-refractivity contribution in [3.8, 4) is 18.2 Å². The Kier molecular flexibility index (Phi) is 4.67. The van der Waals surface area contributed by atoms with Gasteiger partial charge in [-0.3, -0.25) is 0 Å². The first-order valence-electron chi connectivity index (χ1n) is 9.11. The first kappa shape index (κ1) is 17.9. The lowest BCUT2D eigenvalue weighted by Gasteiger charge is -2.45. The van der Waals surface area contributed by atoms with Crippen molar-refractivity contribution in [1.82, 2.24) is 0 Å². The molecule has 1 aromatic rings. The lowest BCUT2D eigenvalue weighted by atomic mass is 9.53. The van der Waals surface area contributed by atoms with E-state index in [1.165, 1.54) is 5.56 Å². The van der Waals surface area contributed by atoms with Crippen molar-refractivity contribution in [2.45, 2.75) is 44.9 Å². The molecular weight excluding hydrogens is 320 g/mol. The average Bonchev–Trinajstić information content (AvgIpc) is 2.67. The molecule has 0 radical (unpaired) electrons. The third-order valence-electron chi connectivity index (χ3n) is 5.89. The molecule has 0 amide bonds. The van der Waals surface area contributed by atoms with E-state index in [4.69, 9.17) is 5.41 Å². The van der Waals surface area contributed by atoms with Crippen LogP contribution in [0.4, 0.5) is 0 Å². The Hall–Kier alpha value is -2.90. The summed E-state index contributed by atoms with van der Waals surface area (Å²) >= 11 is 0. The molecule has 1 saturated carbocycles. The minimum absolute atomic E-state index is 0.0355. The van der Waals surface area contributed by atoms with E-state index >= 15 is 0 Å². The van der Waals surface area contributed by atoms with E-state index in [-0.39, 0.29) is 11.6 Å². The molecule has 0 spiro atoms. The molecule has 1 aromatic carbocycles. The summed E-state index contributed by atoms with van der Waals surface area (Å²) in [5.41, 5.74) is 1.40. The van der Waals surface area contributed by atoms with Crippen LogP contribution < -0.4 is 0 Å². The molecule has 4 heteroatoms. The summed E-state index contributed by atoms with van der Waals surface area (Å²) in [6.07, 6.45) is 4.78. The van der Waals surface area contributed by atoms with Gasteiger partial charge in [0.25, 0.3) is 0 Å². The lowest BCUT2D eigenvalue weighted by molar-refractivity contribution is 0.320. The average molecular weight is 342 g/mol. The highest BCUT2D eigenvalue weighted by Crippen LogP contribution is 2.55. The third kappa shape index (κ3) is 2.53. The van der Waals surface area contributed by atoms with Crippen LogP contribution >= 0.6 is 0 Å². The Morgan fingerprint density at radius 1 is 1.12 bits per heavy atom. The van der Waals surface area contributed by atoms with Gasteiger partial charge in [0.1, 0.15) is 5.92 Å². The molecule has 2 aliphatic rings. The molecule has 0 aliphatic heterocycles. The number of benzene rings is 1. The van der Waals surface area contributed by atoms with E-state index in [1.54, 1.807) is 0 Å². The minimum atomic E-state index is -1.58. The molecule has 0 aromatic heterocycles. The molecular formula is C22H22N4. The van der Waals surface area contributed by atoms with Gasteiger partial charge in [0.15, 0.2) is 5.41 Å². The Morgan fingerprint density at radius 3 is 2.31 bits per heavy atom. The maximum absolute atomic E-state index is 9.95. The topological polar surface area (TPSA) is 95.2 Å². The summed E-state index contributed by atoms with van der Waals surface area (Å²) in [5.74, 6) is -0.793. The first-order chi connectivity index (χ1) is 12.5. The smallest absolute Gasteiger partial charge is 0.189 e. The number of nitrogens with zero attached hydrogens (tertiary/aromatic N) is 3. The molecule has 3 rings (SSSR count). The number of hydrogen-bond acceptors (Lipinski definition) is 4. The molecule has 0 bridgehead atoms. The number of allylic oxidation sites excluding steroid dienone is 2. The monoisotopic (exact) mass is 342 g/mol. The van der Waals surface area contributed by atoms with E-state index in [0.717, 1.165) is 30.4 Å². The molecule has 0 heterocycles. The minimum Gasteiger partial charge on any atom is -0.305 e. The van der Waals surface area contributed by atoms with Crippen LogP contribution in [0.25, 0.3) is 0 Å². The second kappa shape index (κ2) is 6.78. The zero-order valence-electron chi connectivity index (χ0n) is 15.2. The summed E-state index contributed by atoms with van der Waals surface area (Å²) in [5, 5.41) is 38.1. The van der Waals surface area contributed by atoms with Crippen molar-refractivity contribution < 1.29 is 0 Å². The number of rotatable bonds is 2. The van der Waals surface area contributed by atoms with E-state index in [9.17, 15) is 15.8 Å². The quantitative estimate of drug-likeness (QED) is 0.780. The number of nitriles is 3. The molecule has 130 valence electrons. The van der Waals surface area contributed by atoms with Gasteiger partial charge in [-0.25, -0.2) is 0 Å². The summed E-state index contributed by atoms with van der Waals surface area (Å²) in [4.78, 5) is 0. The highest BCUT2D eigenvalue weighted by molar-refractivity contribution is 6.00. The fourth-order valence-electron chi connectivity index (χ4n) is 4.47. The van der Waals surface area contributed by atoms with Crippen molar-refractivity contribution in [1.29, 1.82) is 21.2 Å². The number of nitrogens with one attached hydrogen (secondary N) is 1. The summed E-state index contributed by atoms with van der Waals surface area (Å²) in [6.45, 7) is 4.25. The Balaban J connectivity index is 2.19. The predicted molar refractivity (Wildman–Crippen MR) is 99.2 cm³/mol. The SMILES string of the molecule is CC(C)c1ccc([C@@H]2[C@@H]3CCCC=C3[C@H](C#N)C(=N)C2(C#N)C#N)cc1. The molecule has 0 saturated heterocycles. The Labute approximate surface area is 154 Å². The summed E-state index contributed by atoms with van der Waals surface area (Å²) < 4.78 is 0. The van der Waals surface area contributed by atoms with E-state index in [2.05, 4.69) is 38.1 Å². The van der Waals surface area contributed by atoms with Crippen LogP contribution in [-0.2, 0) is 0 Å². The molecule has 1 fully saturated rings. The second-order valence-electron chi connectivity index (χ2n) is 7.55. The van der Waals surface area contributed by atoms with Gasteiger partial charge in [-0.15, -0.1) is 0 Å². The van der Waals surface area contributed by atoms with Crippen molar-refractivity contribution in [2.24, 2.45) is 17.3 Å². The van der Waals surface area contributed by atoms with Gasteiger partial charge in [-0.2, -0.15) is 15.8 Å². The van der Waals surface area contributed by atoms with Crippen LogP contribution in [0.15, 0.2) is 35.9 Å². The largest absolute Gasteiger partial charge is 0.305 e. The van der Waals surface area contributed by atoms with Crippen molar-refractivity contribution in [3.05, 3.63) is 47.0 Å². The summed E-state index contributed by atoms with van der Waals surface area (Å²) in [7, 11) is 0. The lowest BCUT2D eigenvalue weighted by Crippen LogP contribution is -2.48. The molecule has 0 unspecified atom stereocenters. The van der Waals surface area contributed by atoms with Crippen molar-refractivity contribution in [2.75, 3.05) is 0 Å². The van der Waals surface area contributed by atoms with Crippen molar-refractivity contribution >= 4 is 5.71 Å². The summed E-state index contributed by atoms with van der Waals surface area (Å²) in [6, 6.07) is 14.5. The highest BCUT2D eigenvalue weighted by Gasteiger charge is 2.57. The third-order valence-corrected chi connectivity index (χ3v) is 5.89.